The summed E-state index contributed by atoms with van der Waals surface area (Å²) < 4.78 is 12.6. The molecule has 3 rings (SSSR count). The third kappa shape index (κ3) is 2.95. The second-order valence-electron chi connectivity index (χ2n) is 8.78. The van der Waals surface area contributed by atoms with Gasteiger partial charge in [-0.2, -0.15) is 0 Å². The first-order valence-electron chi connectivity index (χ1n) is 9.04. The molecule has 0 aromatic carbocycles. The number of morpholine rings is 1. The standard InChI is InChI=1S/C18H34NO3/c1-13-15-5-6-16(18(15,2)3)17(13)22-12-14(20)11-19(4)7-9-21-10-8-19/h13-17,20H,5-12H2,1-4H3/q+1/t13-,14+,15+,16+,17+/m0/s1. The van der Waals surface area contributed by atoms with Crippen LogP contribution in [0.5, 0.6) is 0 Å². The van der Waals surface area contributed by atoms with Gasteiger partial charge >= 0.3 is 0 Å². The molecule has 5 atom stereocenters. The third-order valence-electron chi connectivity index (χ3n) is 6.93. The second kappa shape index (κ2) is 6.04. The SMILES string of the molecule is C[C@@H]1[C@@H](OC[C@H](O)C[N+]2(C)CCOCC2)[C@H]2CC[C@H]1C2(C)C. The van der Waals surface area contributed by atoms with Crippen LogP contribution >= 0.6 is 0 Å². The van der Waals surface area contributed by atoms with Crippen LogP contribution in [0.1, 0.15) is 33.6 Å². The molecule has 1 heterocycles. The van der Waals surface area contributed by atoms with Crippen molar-refractivity contribution in [3.8, 4) is 0 Å². The van der Waals surface area contributed by atoms with Crippen molar-refractivity contribution in [2.75, 3.05) is 46.5 Å². The first kappa shape index (κ1) is 16.7. The predicted molar refractivity (Wildman–Crippen MR) is 86.5 cm³/mol. The Bertz CT molecular complexity index is 392. The Kier molecular flexibility index (Phi) is 4.59. The molecule has 0 unspecified atom stereocenters. The van der Waals surface area contributed by atoms with Gasteiger partial charge in [0.1, 0.15) is 25.7 Å². The van der Waals surface area contributed by atoms with E-state index in [9.17, 15) is 5.11 Å². The van der Waals surface area contributed by atoms with Gasteiger partial charge in [0.05, 0.1) is 33.0 Å². The molecule has 0 aromatic rings. The van der Waals surface area contributed by atoms with Gasteiger partial charge in [0.2, 0.25) is 0 Å². The lowest BCUT2D eigenvalue weighted by Crippen LogP contribution is -2.56. The Balaban J connectivity index is 1.50. The number of aliphatic hydroxyl groups is 1. The number of aliphatic hydroxyl groups excluding tert-OH is 1. The molecule has 3 aliphatic rings. The van der Waals surface area contributed by atoms with Crippen molar-refractivity contribution in [2.45, 2.75) is 45.8 Å². The minimum absolute atomic E-state index is 0.346. The Morgan fingerprint density at radius 2 is 1.86 bits per heavy atom. The molecule has 1 aliphatic heterocycles. The van der Waals surface area contributed by atoms with E-state index >= 15 is 0 Å². The van der Waals surface area contributed by atoms with Gasteiger partial charge < -0.3 is 19.1 Å². The number of quaternary nitrogens is 1. The molecular weight excluding hydrogens is 278 g/mol. The van der Waals surface area contributed by atoms with Crippen LogP contribution in [0.25, 0.3) is 0 Å². The van der Waals surface area contributed by atoms with Crippen LogP contribution in [0.4, 0.5) is 0 Å². The van der Waals surface area contributed by atoms with Crippen molar-refractivity contribution in [1.29, 1.82) is 0 Å². The van der Waals surface area contributed by atoms with Crippen LogP contribution in [0.2, 0.25) is 0 Å². The van der Waals surface area contributed by atoms with Crippen molar-refractivity contribution < 1.29 is 19.1 Å². The molecule has 0 radical (unpaired) electrons. The van der Waals surface area contributed by atoms with E-state index in [1.54, 1.807) is 0 Å². The molecule has 1 N–H and O–H groups in total. The molecule has 0 spiro atoms. The monoisotopic (exact) mass is 312 g/mol. The largest absolute Gasteiger partial charge is 0.385 e. The van der Waals surface area contributed by atoms with Gasteiger partial charge in [0, 0.05) is 0 Å². The Labute approximate surface area is 135 Å². The molecule has 2 bridgehead atoms. The minimum atomic E-state index is -0.363. The van der Waals surface area contributed by atoms with Crippen molar-refractivity contribution in [1.82, 2.24) is 0 Å². The summed E-state index contributed by atoms with van der Waals surface area (Å²) in [4.78, 5) is 0. The summed E-state index contributed by atoms with van der Waals surface area (Å²) in [5, 5.41) is 10.4. The predicted octanol–water partition coefficient (Wildman–Crippen LogP) is 1.91. The van der Waals surface area contributed by atoms with Crippen LogP contribution in [0.3, 0.4) is 0 Å². The summed E-state index contributed by atoms with van der Waals surface area (Å²) in [6.45, 7) is 12.0. The molecule has 22 heavy (non-hydrogen) atoms. The van der Waals surface area contributed by atoms with Gasteiger partial charge in [-0.25, -0.2) is 0 Å². The van der Waals surface area contributed by atoms with E-state index in [1.165, 1.54) is 12.8 Å². The maximum absolute atomic E-state index is 10.4. The Morgan fingerprint density at radius 1 is 1.23 bits per heavy atom. The minimum Gasteiger partial charge on any atom is -0.385 e. The lowest BCUT2D eigenvalue weighted by molar-refractivity contribution is -0.919. The second-order valence-corrected chi connectivity index (χ2v) is 8.78. The lowest BCUT2D eigenvalue weighted by atomic mass is 9.80. The normalized spacial score (nSPS) is 40.8. The molecule has 3 fully saturated rings. The molecule has 2 aliphatic carbocycles. The van der Waals surface area contributed by atoms with Gasteiger partial charge in [-0.1, -0.05) is 20.8 Å². The van der Waals surface area contributed by atoms with Crippen LogP contribution in [0, 0.1) is 23.2 Å². The fraction of sp³-hybridized carbons (Fsp3) is 1.00. The molecule has 0 amide bonds. The van der Waals surface area contributed by atoms with E-state index in [2.05, 4.69) is 27.8 Å². The highest BCUT2D eigenvalue weighted by atomic mass is 16.5. The van der Waals surface area contributed by atoms with Crippen LogP contribution < -0.4 is 0 Å². The first-order chi connectivity index (χ1) is 10.3. The number of hydrogen-bond acceptors (Lipinski definition) is 3. The van der Waals surface area contributed by atoms with E-state index < -0.39 is 0 Å². The zero-order valence-corrected chi connectivity index (χ0v) is 14.8. The van der Waals surface area contributed by atoms with Crippen LogP contribution in [0.15, 0.2) is 0 Å². The van der Waals surface area contributed by atoms with Gasteiger partial charge in [-0.15, -0.1) is 0 Å². The third-order valence-corrected chi connectivity index (χ3v) is 6.93. The lowest BCUT2D eigenvalue weighted by Gasteiger charge is -2.39. The van der Waals surface area contributed by atoms with Gasteiger partial charge in [-0.05, 0) is 36.0 Å². The van der Waals surface area contributed by atoms with Crippen molar-refractivity contribution in [3.05, 3.63) is 0 Å². The quantitative estimate of drug-likeness (QED) is 0.788. The topological polar surface area (TPSA) is 38.7 Å². The number of ether oxygens (including phenoxy) is 2. The Hall–Kier alpha value is -0.160. The average Bonchev–Trinajstić information content (AvgIpc) is 2.83. The number of rotatable bonds is 5. The highest BCUT2D eigenvalue weighted by molar-refractivity contribution is 5.06. The van der Waals surface area contributed by atoms with Gasteiger partial charge in [0.25, 0.3) is 0 Å². The molecule has 2 saturated carbocycles. The summed E-state index contributed by atoms with van der Waals surface area (Å²) in [5.74, 6) is 2.10. The summed E-state index contributed by atoms with van der Waals surface area (Å²) in [6.07, 6.45) is 2.64. The van der Waals surface area contributed by atoms with Crippen LogP contribution in [-0.2, 0) is 9.47 Å². The maximum Gasteiger partial charge on any atom is 0.126 e. The number of hydrogen-bond donors (Lipinski definition) is 1. The number of likely N-dealkylation sites (N-methyl/N-ethyl adjacent to an activating group) is 1. The van der Waals surface area contributed by atoms with Crippen molar-refractivity contribution in [2.24, 2.45) is 23.2 Å². The average molecular weight is 312 g/mol. The summed E-state index contributed by atoms with van der Waals surface area (Å²) in [6, 6.07) is 0. The molecule has 0 aromatic heterocycles. The van der Waals surface area contributed by atoms with Crippen molar-refractivity contribution >= 4 is 0 Å². The van der Waals surface area contributed by atoms with E-state index in [0.717, 1.165) is 43.2 Å². The summed E-state index contributed by atoms with van der Waals surface area (Å²) in [5.41, 5.74) is 0.414. The smallest absolute Gasteiger partial charge is 0.126 e. The molecule has 4 heteroatoms. The van der Waals surface area contributed by atoms with Gasteiger partial charge in [-0.3, -0.25) is 0 Å². The summed E-state index contributed by atoms with van der Waals surface area (Å²) in [7, 11) is 2.22. The van der Waals surface area contributed by atoms with Crippen molar-refractivity contribution in [3.63, 3.8) is 0 Å². The zero-order valence-electron chi connectivity index (χ0n) is 14.8. The fourth-order valence-electron chi connectivity index (χ4n) is 5.52. The zero-order chi connectivity index (χ0) is 16.0. The molecule has 1 saturated heterocycles. The molecule has 128 valence electrons. The highest BCUT2D eigenvalue weighted by Crippen LogP contribution is 2.60. The fourth-order valence-corrected chi connectivity index (χ4v) is 5.52. The molecular formula is C18H34NO3+. The first-order valence-corrected chi connectivity index (χ1v) is 9.04. The van der Waals surface area contributed by atoms with Gasteiger partial charge in [0.15, 0.2) is 0 Å². The van der Waals surface area contributed by atoms with E-state index in [-0.39, 0.29) is 6.10 Å². The van der Waals surface area contributed by atoms with E-state index in [1.807, 2.05) is 0 Å². The maximum atomic E-state index is 10.4. The van der Waals surface area contributed by atoms with E-state index in [0.29, 0.717) is 30.0 Å². The highest BCUT2D eigenvalue weighted by Gasteiger charge is 2.57. The summed E-state index contributed by atoms with van der Waals surface area (Å²) >= 11 is 0. The number of nitrogens with zero attached hydrogens (tertiary/aromatic N) is 1. The van der Waals surface area contributed by atoms with E-state index in [4.69, 9.17) is 9.47 Å². The van der Waals surface area contributed by atoms with Crippen LogP contribution in [-0.4, -0.2) is 68.3 Å². The number of fused-ring (bicyclic) bond motifs is 2. The Morgan fingerprint density at radius 3 is 2.45 bits per heavy atom. The molecule has 4 nitrogen and oxygen atoms in total.